The molecule has 1 rings (SSSR count). The van der Waals surface area contributed by atoms with Gasteiger partial charge in [-0.25, -0.2) is 9.59 Å². The Labute approximate surface area is 105 Å². The van der Waals surface area contributed by atoms with Crippen molar-refractivity contribution in [2.45, 2.75) is 13.0 Å². The van der Waals surface area contributed by atoms with Crippen LogP contribution in [0.4, 0.5) is 5.69 Å². The molecular formula is C12H15NO5. The third-order valence-corrected chi connectivity index (χ3v) is 2.22. The predicted molar refractivity (Wildman–Crippen MR) is 64.3 cm³/mol. The molecule has 0 spiro atoms. The van der Waals surface area contributed by atoms with E-state index in [1.807, 2.05) is 0 Å². The summed E-state index contributed by atoms with van der Waals surface area (Å²) in [5, 5.41) is 0. The predicted octanol–water partition coefficient (Wildman–Crippen LogP) is 0.996. The molecule has 0 amide bonds. The normalized spacial score (nSPS) is 11.5. The Bertz CT molecular complexity index is 458. The maximum Gasteiger partial charge on any atom is 0.346 e. The maximum atomic E-state index is 11.8. The standard InChI is InChI=1S/C12H15NO5/c1-7(11(14)17-3)18-12(15)8-4-9(13)6-10(5-8)16-2/h4-7H,13H2,1-3H3. The third-order valence-electron chi connectivity index (χ3n) is 2.22. The molecule has 1 unspecified atom stereocenters. The second kappa shape index (κ2) is 5.90. The Morgan fingerprint density at radius 3 is 2.44 bits per heavy atom. The van der Waals surface area contributed by atoms with Gasteiger partial charge in [-0.05, 0) is 19.1 Å². The van der Waals surface area contributed by atoms with Crippen molar-refractivity contribution in [2.24, 2.45) is 0 Å². The first-order chi connectivity index (χ1) is 8.47. The molecule has 0 saturated carbocycles. The number of esters is 2. The van der Waals surface area contributed by atoms with Crippen molar-refractivity contribution in [3.8, 4) is 5.75 Å². The van der Waals surface area contributed by atoms with Crippen LogP contribution in [0.2, 0.25) is 0 Å². The molecule has 0 aliphatic carbocycles. The number of anilines is 1. The molecule has 1 aromatic rings. The fourth-order valence-electron chi connectivity index (χ4n) is 1.30. The quantitative estimate of drug-likeness (QED) is 0.636. The lowest BCUT2D eigenvalue weighted by atomic mass is 10.2. The van der Waals surface area contributed by atoms with E-state index in [-0.39, 0.29) is 5.56 Å². The summed E-state index contributed by atoms with van der Waals surface area (Å²) in [4.78, 5) is 22.9. The van der Waals surface area contributed by atoms with Gasteiger partial charge in [-0.3, -0.25) is 0 Å². The highest BCUT2D eigenvalue weighted by Gasteiger charge is 2.19. The van der Waals surface area contributed by atoms with Gasteiger partial charge in [-0.2, -0.15) is 0 Å². The van der Waals surface area contributed by atoms with Crippen LogP contribution < -0.4 is 10.5 Å². The molecule has 0 radical (unpaired) electrons. The van der Waals surface area contributed by atoms with Gasteiger partial charge >= 0.3 is 11.9 Å². The van der Waals surface area contributed by atoms with E-state index in [9.17, 15) is 9.59 Å². The third kappa shape index (κ3) is 3.38. The average molecular weight is 253 g/mol. The molecule has 1 atom stereocenters. The largest absolute Gasteiger partial charge is 0.497 e. The molecule has 0 aliphatic heterocycles. The number of hydrogen-bond acceptors (Lipinski definition) is 6. The van der Waals surface area contributed by atoms with E-state index >= 15 is 0 Å². The van der Waals surface area contributed by atoms with E-state index in [2.05, 4.69) is 4.74 Å². The van der Waals surface area contributed by atoms with Gasteiger partial charge in [0.05, 0.1) is 19.8 Å². The topological polar surface area (TPSA) is 87.9 Å². The minimum atomic E-state index is -0.977. The molecule has 6 nitrogen and oxygen atoms in total. The van der Waals surface area contributed by atoms with Gasteiger partial charge in [0.25, 0.3) is 0 Å². The molecule has 1 aromatic carbocycles. The van der Waals surface area contributed by atoms with Gasteiger partial charge in [0.2, 0.25) is 0 Å². The van der Waals surface area contributed by atoms with E-state index in [4.69, 9.17) is 15.2 Å². The van der Waals surface area contributed by atoms with Gasteiger partial charge in [0.1, 0.15) is 5.75 Å². The summed E-state index contributed by atoms with van der Waals surface area (Å²) in [6, 6.07) is 4.48. The Kier molecular flexibility index (Phi) is 4.53. The van der Waals surface area contributed by atoms with Crippen molar-refractivity contribution in [2.75, 3.05) is 20.0 Å². The van der Waals surface area contributed by atoms with E-state index < -0.39 is 18.0 Å². The first-order valence-electron chi connectivity index (χ1n) is 5.21. The molecule has 0 aromatic heterocycles. The summed E-state index contributed by atoms with van der Waals surface area (Å²) in [6.07, 6.45) is -0.977. The fourth-order valence-corrected chi connectivity index (χ4v) is 1.30. The van der Waals surface area contributed by atoms with Gasteiger partial charge in [-0.15, -0.1) is 0 Å². The monoisotopic (exact) mass is 253 g/mol. The molecule has 98 valence electrons. The zero-order valence-electron chi connectivity index (χ0n) is 10.4. The number of carbonyl (C=O) groups is 2. The van der Waals surface area contributed by atoms with Crippen LogP contribution in [0.1, 0.15) is 17.3 Å². The van der Waals surface area contributed by atoms with Crippen LogP contribution in [-0.2, 0) is 14.3 Å². The fraction of sp³-hybridized carbons (Fsp3) is 0.333. The van der Waals surface area contributed by atoms with Crippen molar-refractivity contribution < 1.29 is 23.8 Å². The second-order valence-corrected chi connectivity index (χ2v) is 3.57. The lowest BCUT2D eigenvalue weighted by molar-refractivity contribution is -0.149. The Balaban J connectivity index is 2.84. The summed E-state index contributed by atoms with van der Waals surface area (Å²) in [5.74, 6) is -0.856. The van der Waals surface area contributed by atoms with Crippen molar-refractivity contribution in [3.63, 3.8) is 0 Å². The molecule has 2 N–H and O–H groups in total. The average Bonchev–Trinajstić information content (AvgIpc) is 2.36. The first kappa shape index (κ1) is 13.8. The number of methoxy groups -OCH3 is 2. The molecule has 0 aliphatic rings. The van der Waals surface area contributed by atoms with Crippen LogP contribution in [0.15, 0.2) is 18.2 Å². The Morgan fingerprint density at radius 1 is 1.22 bits per heavy atom. The SMILES string of the molecule is COC(=O)C(C)OC(=O)c1cc(N)cc(OC)c1. The van der Waals surface area contributed by atoms with Crippen molar-refractivity contribution >= 4 is 17.6 Å². The Hall–Kier alpha value is -2.24. The van der Waals surface area contributed by atoms with Crippen LogP contribution in [-0.4, -0.2) is 32.3 Å². The van der Waals surface area contributed by atoms with Gasteiger partial charge in [0.15, 0.2) is 6.10 Å². The smallest absolute Gasteiger partial charge is 0.346 e. The van der Waals surface area contributed by atoms with Gasteiger partial charge in [-0.1, -0.05) is 0 Å². The van der Waals surface area contributed by atoms with Gasteiger partial charge < -0.3 is 19.9 Å². The number of carbonyl (C=O) groups excluding carboxylic acids is 2. The summed E-state index contributed by atoms with van der Waals surface area (Å²) in [6.45, 7) is 1.42. The number of ether oxygens (including phenoxy) is 3. The summed E-state index contributed by atoms with van der Waals surface area (Å²) in [7, 11) is 2.68. The van der Waals surface area contributed by atoms with Crippen LogP contribution in [0.3, 0.4) is 0 Å². The van der Waals surface area contributed by atoms with Crippen LogP contribution in [0.25, 0.3) is 0 Å². The molecule has 0 saturated heterocycles. The zero-order valence-corrected chi connectivity index (χ0v) is 10.4. The highest BCUT2D eigenvalue weighted by Crippen LogP contribution is 2.19. The number of hydrogen-bond donors (Lipinski definition) is 1. The lowest BCUT2D eigenvalue weighted by Crippen LogP contribution is -2.25. The van der Waals surface area contributed by atoms with Crippen molar-refractivity contribution in [3.05, 3.63) is 23.8 Å². The second-order valence-electron chi connectivity index (χ2n) is 3.57. The van der Waals surface area contributed by atoms with E-state index in [1.165, 1.54) is 33.3 Å². The number of nitrogen functional groups attached to an aromatic ring is 1. The summed E-state index contributed by atoms with van der Waals surface area (Å²) < 4.78 is 14.4. The molecule has 0 heterocycles. The zero-order chi connectivity index (χ0) is 13.7. The van der Waals surface area contributed by atoms with Crippen LogP contribution in [0, 0.1) is 0 Å². The molecule has 0 bridgehead atoms. The molecule has 6 heteroatoms. The van der Waals surface area contributed by atoms with Crippen LogP contribution in [0.5, 0.6) is 5.75 Å². The highest BCUT2D eigenvalue weighted by atomic mass is 16.6. The maximum absolute atomic E-state index is 11.8. The molecular weight excluding hydrogens is 238 g/mol. The minimum Gasteiger partial charge on any atom is -0.497 e. The van der Waals surface area contributed by atoms with Crippen molar-refractivity contribution in [1.82, 2.24) is 0 Å². The van der Waals surface area contributed by atoms with Crippen molar-refractivity contribution in [1.29, 1.82) is 0 Å². The van der Waals surface area contributed by atoms with Gasteiger partial charge in [0, 0.05) is 11.8 Å². The summed E-state index contributed by atoms with van der Waals surface area (Å²) >= 11 is 0. The van der Waals surface area contributed by atoms with Crippen LogP contribution >= 0.6 is 0 Å². The molecule has 0 fully saturated rings. The number of rotatable bonds is 4. The van der Waals surface area contributed by atoms with E-state index in [1.54, 1.807) is 6.07 Å². The Morgan fingerprint density at radius 2 is 1.89 bits per heavy atom. The number of nitrogens with two attached hydrogens (primary N) is 1. The minimum absolute atomic E-state index is 0.211. The van der Waals surface area contributed by atoms with E-state index in [0.717, 1.165) is 0 Å². The molecule has 18 heavy (non-hydrogen) atoms. The lowest BCUT2D eigenvalue weighted by Gasteiger charge is -2.11. The first-order valence-corrected chi connectivity index (χ1v) is 5.21. The number of benzene rings is 1. The highest BCUT2D eigenvalue weighted by molar-refractivity contribution is 5.92. The van der Waals surface area contributed by atoms with E-state index in [0.29, 0.717) is 11.4 Å². The summed E-state index contributed by atoms with van der Waals surface area (Å²) in [5.41, 5.74) is 6.19.